The summed E-state index contributed by atoms with van der Waals surface area (Å²) in [5.74, 6) is 0.835. The molecule has 0 N–H and O–H groups in total. The minimum Gasteiger partial charge on any atom is -0.486 e. The van der Waals surface area contributed by atoms with E-state index >= 15 is 0 Å². The fourth-order valence-electron chi connectivity index (χ4n) is 1.85. The van der Waals surface area contributed by atoms with Crippen LogP contribution in [0.2, 0.25) is 5.02 Å². The molecule has 6 heteroatoms. The zero-order chi connectivity index (χ0) is 12.7. The molecule has 5 nitrogen and oxygen atoms in total. The van der Waals surface area contributed by atoms with Crippen LogP contribution in [-0.2, 0) is 0 Å². The van der Waals surface area contributed by atoms with Gasteiger partial charge in [-0.3, -0.25) is 4.79 Å². The van der Waals surface area contributed by atoms with E-state index in [1.807, 2.05) is 0 Å². The van der Waals surface area contributed by atoms with Gasteiger partial charge in [-0.05, 0) is 12.1 Å². The average molecular weight is 267 g/mol. The molecule has 0 amide bonds. The molecule has 1 aromatic carbocycles. The molecule has 1 aromatic heterocycles. The molecule has 0 spiro atoms. The smallest absolute Gasteiger partial charge is 0.348 e. The lowest BCUT2D eigenvalue weighted by atomic mass is 10.1. The molecule has 0 saturated heterocycles. The topological polar surface area (TPSA) is 65.7 Å². The number of aldehydes is 1. The third kappa shape index (κ3) is 1.48. The van der Waals surface area contributed by atoms with Crippen molar-refractivity contribution in [3.63, 3.8) is 0 Å². The molecule has 0 saturated carbocycles. The highest BCUT2D eigenvalue weighted by Gasteiger charge is 2.21. The zero-order valence-electron chi connectivity index (χ0n) is 9.07. The maximum absolute atomic E-state index is 11.6. The summed E-state index contributed by atoms with van der Waals surface area (Å²) in [6.07, 6.45) is 0.379. The second-order valence-corrected chi connectivity index (χ2v) is 4.08. The molecule has 3 rings (SSSR count). The van der Waals surface area contributed by atoms with E-state index in [4.69, 9.17) is 25.5 Å². The molecular weight excluding hydrogens is 260 g/mol. The molecule has 0 bridgehead atoms. The molecule has 0 radical (unpaired) electrons. The van der Waals surface area contributed by atoms with Crippen LogP contribution in [0.25, 0.3) is 11.0 Å². The minimum atomic E-state index is -0.787. The number of carbonyl (C=O) groups excluding carboxylic acids is 1. The van der Waals surface area contributed by atoms with Crippen molar-refractivity contribution in [3.05, 3.63) is 33.1 Å². The number of hydrogen-bond donors (Lipinski definition) is 0. The van der Waals surface area contributed by atoms with Crippen molar-refractivity contribution in [2.75, 3.05) is 13.2 Å². The van der Waals surface area contributed by atoms with Gasteiger partial charge in [0.25, 0.3) is 0 Å². The number of carbonyl (C=O) groups is 1. The summed E-state index contributed by atoms with van der Waals surface area (Å²) in [5, 5.41) is 0.510. The third-order valence-electron chi connectivity index (χ3n) is 2.67. The number of ether oxygens (including phenoxy) is 2. The van der Waals surface area contributed by atoms with Crippen molar-refractivity contribution in [3.8, 4) is 11.5 Å². The first-order valence-corrected chi connectivity index (χ1v) is 5.60. The number of benzene rings is 1. The van der Waals surface area contributed by atoms with E-state index in [9.17, 15) is 9.59 Å². The van der Waals surface area contributed by atoms with E-state index in [-0.39, 0.29) is 16.2 Å². The van der Waals surface area contributed by atoms with Gasteiger partial charge < -0.3 is 13.9 Å². The summed E-state index contributed by atoms with van der Waals surface area (Å²) < 4.78 is 15.9. The Balaban J connectivity index is 2.43. The van der Waals surface area contributed by atoms with Crippen molar-refractivity contribution in [2.24, 2.45) is 0 Å². The van der Waals surface area contributed by atoms with E-state index in [2.05, 4.69) is 0 Å². The molecule has 1 aliphatic heterocycles. The Kier molecular flexibility index (Phi) is 2.48. The quantitative estimate of drug-likeness (QED) is 0.584. The van der Waals surface area contributed by atoms with Gasteiger partial charge in [0.15, 0.2) is 17.6 Å². The van der Waals surface area contributed by atoms with Gasteiger partial charge >= 0.3 is 5.63 Å². The van der Waals surface area contributed by atoms with Crippen molar-refractivity contribution in [1.82, 2.24) is 0 Å². The standard InChI is InChI=1S/C12H7ClO5/c13-9-6-1-2-8-11(17-4-3-16-8)10(6)18-12(15)7(9)5-14/h1-2,5H,3-4H2. The Bertz CT molecular complexity index is 704. The molecule has 0 unspecified atom stereocenters. The molecule has 1 aliphatic rings. The van der Waals surface area contributed by atoms with Crippen LogP contribution in [0, 0.1) is 0 Å². The van der Waals surface area contributed by atoms with Gasteiger partial charge in [0.05, 0.1) is 5.02 Å². The van der Waals surface area contributed by atoms with Gasteiger partial charge in [0.2, 0.25) is 5.75 Å². The minimum absolute atomic E-state index is 0.0632. The van der Waals surface area contributed by atoms with E-state index in [1.54, 1.807) is 12.1 Å². The molecule has 0 fully saturated rings. The lowest BCUT2D eigenvalue weighted by Gasteiger charge is -2.19. The van der Waals surface area contributed by atoms with Crippen LogP contribution in [0.15, 0.2) is 21.3 Å². The number of rotatable bonds is 1. The fraction of sp³-hybridized carbons (Fsp3) is 0.167. The van der Waals surface area contributed by atoms with Crippen LogP contribution < -0.4 is 15.1 Å². The van der Waals surface area contributed by atoms with E-state index in [0.717, 1.165) is 0 Å². The predicted octanol–water partition coefficient (Wildman–Crippen LogP) is 2.03. The largest absolute Gasteiger partial charge is 0.486 e. The van der Waals surface area contributed by atoms with Crippen molar-refractivity contribution in [2.45, 2.75) is 0 Å². The van der Waals surface area contributed by atoms with Crippen LogP contribution in [0.3, 0.4) is 0 Å². The van der Waals surface area contributed by atoms with Crippen LogP contribution >= 0.6 is 11.6 Å². The van der Waals surface area contributed by atoms with Crippen LogP contribution in [0.4, 0.5) is 0 Å². The molecule has 18 heavy (non-hydrogen) atoms. The third-order valence-corrected chi connectivity index (χ3v) is 3.08. The summed E-state index contributed by atoms with van der Waals surface area (Å²) in [6, 6.07) is 3.29. The van der Waals surface area contributed by atoms with Gasteiger partial charge in [-0.1, -0.05) is 11.6 Å². The maximum atomic E-state index is 11.6. The number of fused-ring (bicyclic) bond motifs is 3. The van der Waals surface area contributed by atoms with Crippen molar-refractivity contribution < 1.29 is 18.7 Å². The van der Waals surface area contributed by atoms with Gasteiger partial charge in [-0.15, -0.1) is 0 Å². The summed E-state index contributed by atoms with van der Waals surface area (Å²) in [7, 11) is 0. The second kappa shape index (κ2) is 4.03. The van der Waals surface area contributed by atoms with Crippen molar-refractivity contribution in [1.29, 1.82) is 0 Å². The first kappa shape index (κ1) is 11.1. The lowest BCUT2D eigenvalue weighted by molar-refractivity contribution is 0.112. The van der Waals surface area contributed by atoms with Gasteiger partial charge in [-0.2, -0.15) is 0 Å². The van der Waals surface area contributed by atoms with E-state index in [0.29, 0.717) is 36.4 Å². The molecule has 0 aliphatic carbocycles. The Morgan fingerprint density at radius 1 is 1.22 bits per heavy atom. The number of halogens is 1. The van der Waals surface area contributed by atoms with Gasteiger partial charge in [-0.25, -0.2) is 4.79 Å². The van der Waals surface area contributed by atoms with Crippen LogP contribution in [0.5, 0.6) is 11.5 Å². The SMILES string of the molecule is O=Cc1c(Cl)c2ccc3c(c2oc1=O)OCCO3. The molecule has 92 valence electrons. The molecule has 0 atom stereocenters. The predicted molar refractivity (Wildman–Crippen MR) is 63.9 cm³/mol. The normalized spacial score (nSPS) is 13.6. The number of hydrogen-bond acceptors (Lipinski definition) is 5. The Morgan fingerprint density at radius 2 is 2.00 bits per heavy atom. The van der Waals surface area contributed by atoms with E-state index in [1.165, 1.54) is 0 Å². The van der Waals surface area contributed by atoms with E-state index < -0.39 is 5.63 Å². The Labute approximate surface area is 106 Å². The average Bonchev–Trinajstić information content (AvgIpc) is 2.39. The highest BCUT2D eigenvalue weighted by molar-refractivity contribution is 6.37. The molecule has 2 aromatic rings. The summed E-state index contributed by atoms with van der Waals surface area (Å²) in [5.41, 5.74) is -0.779. The van der Waals surface area contributed by atoms with Gasteiger partial charge in [0, 0.05) is 5.39 Å². The van der Waals surface area contributed by atoms with Gasteiger partial charge in [0.1, 0.15) is 18.8 Å². The summed E-state index contributed by atoms with van der Waals surface area (Å²) in [6.45, 7) is 0.797. The fourth-order valence-corrected chi connectivity index (χ4v) is 2.12. The van der Waals surface area contributed by atoms with Crippen LogP contribution in [-0.4, -0.2) is 19.5 Å². The second-order valence-electron chi connectivity index (χ2n) is 3.70. The monoisotopic (exact) mass is 266 g/mol. The summed E-state index contributed by atoms with van der Waals surface area (Å²) >= 11 is 6.00. The van der Waals surface area contributed by atoms with Crippen molar-refractivity contribution >= 4 is 28.9 Å². The molecule has 2 heterocycles. The highest BCUT2D eigenvalue weighted by atomic mass is 35.5. The lowest BCUT2D eigenvalue weighted by Crippen LogP contribution is -2.16. The first-order valence-electron chi connectivity index (χ1n) is 5.22. The Morgan fingerprint density at radius 3 is 2.78 bits per heavy atom. The van der Waals surface area contributed by atoms with Crippen LogP contribution in [0.1, 0.15) is 10.4 Å². The first-order chi connectivity index (χ1) is 8.72. The summed E-state index contributed by atoms with van der Waals surface area (Å²) in [4.78, 5) is 22.4. The Hall–Kier alpha value is -2.01. The maximum Gasteiger partial charge on any atom is 0.348 e. The molecular formula is C12H7ClO5. The zero-order valence-corrected chi connectivity index (χ0v) is 9.82. The highest BCUT2D eigenvalue weighted by Crippen LogP contribution is 2.39.